The first kappa shape index (κ1) is 17.3. The number of carbonyl (C=O) groups excluding carboxylic acids is 2. The zero-order chi connectivity index (χ0) is 18.4. The van der Waals surface area contributed by atoms with Crippen LogP contribution in [0.3, 0.4) is 0 Å². The van der Waals surface area contributed by atoms with Gasteiger partial charge in [-0.3, -0.25) is 19.7 Å². The Morgan fingerprint density at radius 1 is 1.08 bits per heavy atom. The van der Waals surface area contributed by atoms with E-state index in [1.54, 1.807) is 6.07 Å². The summed E-state index contributed by atoms with van der Waals surface area (Å²) in [6, 6.07) is 12.4. The Balaban J connectivity index is 1.77. The number of nitrogens with zero attached hydrogens (tertiary/aromatic N) is 3. The van der Waals surface area contributed by atoms with Crippen LogP contribution in [0.2, 0.25) is 0 Å². The molecule has 26 heavy (non-hydrogen) atoms. The Morgan fingerprint density at radius 3 is 2.50 bits per heavy atom. The summed E-state index contributed by atoms with van der Waals surface area (Å²) < 4.78 is 0. The van der Waals surface area contributed by atoms with E-state index in [-0.39, 0.29) is 23.6 Å². The van der Waals surface area contributed by atoms with Crippen LogP contribution >= 0.6 is 0 Å². The third kappa shape index (κ3) is 4.10. The second-order valence-electron chi connectivity index (χ2n) is 5.58. The van der Waals surface area contributed by atoms with Crippen molar-refractivity contribution in [1.82, 2.24) is 30.8 Å². The van der Waals surface area contributed by atoms with Crippen molar-refractivity contribution >= 4 is 11.8 Å². The van der Waals surface area contributed by atoms with E-state index in [1.165, 1.54) is 25.6 Å². The van der Waals surface area contributed by atoms with E-state index in [0.29, 0.717) is 17.8 Å². The minimum Gasteiger partial charge on any atom is -0.354 e. The van der Waals surface area contributed by atoms with Crippen LogP contribution in [0.5, 0.6) is 0 Å². The molecule has 1 atom stereocenters. The van der Waals surface area contributed by atoms with Crippen molar-refractivity contribution in [2.75, 3.05) is 7.05 Å². The minimum atomic E-state index is -0.301. The highest BCUT2D eigenvalue weighted by molar-refractivity contribution is 5.96. The fraction of sp³-hybridized carbons (Fsp3) is 0.167. The van der Waals surface area contributed by atoms with Crippen molar-refractivity contribution in [3.8, 4) is 0 Å². The number of hydrogen-bond donors (Lipinski definition) is 3. The number of benzene rings is 1. The predicted molar refractivity (Wildman–Crippen MR) is 94.4 cm³/mol. The molecule has 8 heteroatoms. The molecule has 0 fully saturated rings. The van der Waals surface area contributed by atoms with Crippen LogP contribution in [0.15, 0.2) is 55.0 Å². The third-order valence-corrected chi connectivity index (χ3v) is 3.86. The maximum Gasteiger partial charge on any atom is 0.269 e. The van der Waals surface area contributed by atoms with Gasteiger partial charge in [-0.05, 0) is 17.7 Å². The number of pyridine rings is 1. The summed E-state index contributed by atoms with van der Waals surface area (Å²) >= 11 is 0. The molecular weight excluding hydrogens is 332 g/mol. The van der Waals surface area contributed by atoms with Gasteiger partial charge in [-0.15, -0.1) is 0 Å². The third-order valence-electron chi connectivity index (χ3n) is 3.86. The Hall–Kier alpha value is -3.55. The molecule has 0 aliphatic rings. The number of carbonyl (C=O) groups is 2. The molecular formula is C18H18N6O2. The Bertz CT molecular complexity index is 862. The van der Waals surface area contributed by atoms with E-state index < -0.39 is 0 Å². The van der Waals surface area contributed by atoms with Gasteiger partial charge in [-0.25, -0.2) is 4.98 Å². The molecule has 0 spiro atoms. The van der Waals surface area contributed by atoms with Crippen LogP contribution in [-0.4, -0.2) is 39.0 Å². The Morgan fingerprint density at radius 2 is 1.88 bits per heavy atom. The lowest BCUT2D eigenvalue weighted by molar-refractivity contribution is 0.0929. The molecule has 0 saturated carbocycles. The molecule has 2 amide bonds. The normalized spacial score (nSPS) is 11.6. The number of rotatable bonds is 6. The van der Waals surface area contributed by atoms with E-state index >= 15 is 0 Å². The van der Waals surface area contributed by atoms with Crippen LogP contribution < -0.4 is 10.6 Å². The lowest BCUT2D eigenvalue weighted by Gasteiger charge is -2.18. The second kappa shape index (κ2) is 8.02. The highest BCUT2D eigenvalue weighted by Gasteiger charge is 2.18. The summed E-state index contributed by atoms with van der Waals surface area (Å²) in [4.78, 5) is 32.3. The minimum absolute atomic E-state index is 0.255. The first-order valence-electron chi connectivity index (χ1n) is 8.05. The molecule has 0 radical (unpaired) electrons. The van der Waals surface area contributed by atoms with E-state index in [4.69, 9.17) is 0 Å². The quantitative estimate of drug-likeness (QED) is 0.620. The topological polar surface area (TPSA) is 113 Å². The summed E-state index contributed by atoms with van der Waals surface area (Å²) in [6.07, 6.45) is 3.29. The predicted octanol–water partition coefficient (Wildman–Crippen LogP) is 1.27. The van der Waals surface area contributed by atoms with Gasteiger partial charge in [0.05, 0.1) is 11.6 Å². The smallest absolute Gasteiger partial charge is 0.269 e. The molecule has 3 rings (SSSR count). The van der Waals surface area contributed by atoms with E-state index in [1.807, 2.05) is 30.3 Å². The fourth-order valence-corrected chi connectivity index (χ4v) is 2.49. The summed E-state index contributed by atoms with van der Waals surface area (Å²) in [5.41, 5.74) is 1.58. The average Bonchev–Trinajstić information content (AvgIpc) is 3.20. The highest BCUT2D eigenvalue weighted by atomic mass is 16.2. The number of aromatic amines is 1. The summed E-state index contributed by atoms with van der Waals surface area (Å²) in [5, 5.41) is 12.1. The van der Waals surface area contributed by atoms with Crippen molar-refractivity contribution in [2.24, 2.45) is 0 Å². The molecule has 3 aromatic rings. The molecule has 132 valence electrons. The molecule has 0 bridgehead atoms. The summed E-state index contributed by atoms with van der Waals surface area (Å²) in [5.74, 6) is 0.0889. The SMILES string of the molecule is CNC(=O)c1ccc(C(=O)NC(Cc2ncn[nH]2)c2ccccc2)cn1. The molecule has 2 heterocycles. The number of H-pyrrole nitrogens is 1. The largest absolute Gasteiger partial charge is 0.354 e. The van der Waals surface area contributed by atoms with Crippen LogP contribution in [-0.2, 0) is 6.42 Å². The molecule has 8 nitrogen and oxygen atoms in total. The van der Waals surface area contributed by atoms with Gasteiger partial charge < -0.3 is 10.6 Å². The van der Waals surface area contributed by atoms with Crippen molar-refractivity contribution < 1.29 is 9.59 Å². The van der Waals surface area contributed by atoms with Gasteiger partial charge in [0.15, 0.2) is 0 Å². The lowest BCUT2D eigenvalue weighted by Crippen LogP contribution is -2.30. The van der Waals surface area contributed by atoms with Gasteiger partial charge in [-0.2, -0.15) is 5.10 Å². The lowest BCUT2D eigenvalue weighted by atomic mass is 10.0. The standard InChI is InChI=1S/C18H18N6O2/c1-19-18(26)14-8-7-13(10-20-14)17(25)23-15(9-16-21-11-22-24-16)12-5-3-2-4-6-12/h2-8,10-11,15H,9H2,1H3,(H,19,26)(H,23,25)(H,21,22,24). The second-order valence-corrected chi connectivity index (χ2v) is 5.58. The van der Waals surface area contributed by atoms with Gasteiger partial charge in [0.25, 0.3) is 11.8 Å². The number of aromatic nitrogens is 4. The molecule has 0 aliphatic carbocycles. The van der Waals surface area contributed by atoms with Gasteiger partial charge >= 0.3 is 0 Å². The van der Waals surface area contributed by atoms with Crippen molar-refractivity contribution in [3.63, 3.8) is 0 Å². The average molecular weight is 350 g/mol. The first-order chi connectivity index (χ1) is 12.7. The van der Waals surface area contributed by atoms with Crippen LogP contribution in [0.4, 0.5) is 0 Å². The van der Waals surface area contributed by atoms with Crippen molar-refractivity contribution in [3.05, 3.63) is 77.6 Å². The monoisotopic (exact) mass is 350 g/mol. The molecule has 2 aromatic heterocycles. The van der Waals surface area contributed by atoms with Crippen LogP contribution in [0.1, 0.15) is 38.3 Å². The highest BCUT2D eigenvalue weighted by Crippen LogP contribution is 2.17. The van der Waals surface area contributed by atoms with E-state index in [2.05, 4.69) is 30.8 Å². The molecule has 1 aromatic carbocycles. The zero-order valence-electron chi connectivity index (χ0n) is 14.1. The van der Waals surface area contributed by atoms with Crippen LogP contribution in [0, 0.1) is 0 Å². The number of hydrogen-bond acceptors (Lipinski definition) is 5. The van der Waals surface area contributed by atoms with Crippen molar-refractivity contribution in [1.29, 1.82) is 0 Å². The molecule has 0 saturated heterocycles. The number of amides is 2. The summed E-state index contributed by atoms with van der Waals surface area (Å²) in [6.45, 7) is 0. The Labute approximate surface area is 150 Å². The van der Waals surface area contributed by atoms with Gasteiger partial charge in [-0.1, -0.05) is 30.3 Å². The van der Waals surface area contributed by atoms with Gasteiger partial charge in [0, 0.05) is 19.7 Å². The van der Waals surface area contributed by atoms with Gasteiger partial charge in [0.2, 0.25) is 0 Å². The molecule has 1 unspecified atom stereocenters. The van der Waals surface area contributed by atoms with E-state index in [0.717, 1.165) is 5.56 Å². The van der Waals surface area contributed by atoms with E-state index in [9.17, 15) is 9.59 Å². The number of nitrogens with one attached hydrogen (secondary N) is 3. The van der Waals surface area contributed by atoms with Gasteiger partial charge in [0.1, 0.15) is 17.8 Å². The Kier molecular flexibility index (Phi) is 5.33. The molecule has 0 aliphatic heterocycles. The zero-order valence-corrected chi connectivity index (χ0v) is 14.1. The first-order valence-corrected chi connectivity index (χ1v) is 8.05. The maximum atomic E-state index is 12.6. The van der Waals surface area contributed by atoms with Crippen molar-refractivity contribution in [2.45, 2.75) is 12.5 Å². The van der Waals surface area contributed by atoms with Crippen LogP contribution in [0.25, 0.3) is 0 Å². The molecule has 3 N–H and O–H groups in total. The maximum absolute atomic E-state index is 12.6. The fourth-order valence-electron chi connectivity index (χ4n) is 2.49. The summed E-state index contributed by atoms with van der Waals surface area (Å²) in [7, 11) is 1.53.